The van der Waals surface area contributed by atoms with Crippen molar-refractivity contribution in [3.8, 4) is 10.8 Å². The van der Waals surface area contributed by atoms with Crippen LogP contribution in [0.25, 0.3) is 10.8 Å². The van der Waals surface area contributed by atoms with Crippen molar-refractivity contribution in [2.24, 2.45) is 0 Å². The molecule has 1 N–H and O–H groups in total. The number of likely N-dealkylation sites (N-methyl/N-ethyl adjacent to an activating group) is 1. The molecule has 2 aromatic heterocycles. The topological polar surface area (TPSA) is 51.0 Å². The lowest BCUT2D eigenvalue weighted by atomic mass is 10.3. The van der Waals surface area contributed by atoms with Gasteiger partial charge in [-0.25, -0.2) is 0 Å². The van der Waals surface area contributed by atoms with Crippen LogP contribution in [0.1, 0.15) is 17.5 Å². The highest BCUT2D eigenvalue weighted by atomic mass is 32.1. The van der Waals surface area contributed by atoms with Gasteiger partial charge in [0.05, 0.1) is 6.26 Å². The molecule has 2 rings (SSSR count). The molecular weight excluding hydrogens is 222 g/mol. The first-order valence-electron chi connectivity index (χ1n) is 5.39. The summed E-state index contributed by atoms with van der Waals surface area (Å²) in [6.07, 6.45) is 2.61. The van der Waals surface area contributed by atoms with E-state index in [0.717, 1.165) is 40.8 Å². The molecule has 0 saturated heterocycles. The fourth-order valence-corrected chi connectivity index (χ4v) is 2.30. The number of aromatic nitrogens is 2. The highest BCUT2D eigenvalue weighted by Crippen LogP contribution is 2.27. The molecule has 0 saturated carbocycles. The third-order valence-electron chi connectivity index (χ3n) is 2.29. The zero-order valence-corrected chi connectivity index (χ0v) is 10.3. The average Bonchev–Trinajstić information content (AvgIpc) is 2.87. The second-order valence-electron chi connectivity index (χ2n) is 3.54. The smallest absolute Gasteiger partial charge is 0.183 e. The normalized spacial score (nSPS) is 10.9. The van der Waals surface area contributed by atoms with Gasteiger partial charge in [0, 0.05) is 13.0 Å². The molecule has 0 aliphatic carbocycles. The van der Waals surface area contributed by atoms with E-state index in [4.69, 9.17) is 4.42 Å². The minimum atomic E-state index is 0.840. The standard InChI is InChI=1S/C11H15N3OS/c1-3-12-6-4-9-13-14-11(16-9)10-8(2)5-7-15-10/h5,7,12H,3-4,6H2,1-2H3. The van der Waals surface area contributed by atoms with Gasteiger partial charge in [-0.3, -0.25) is 0 Å². The molecule has 0 unspecified atom stereocenters. The van der Waals surface area contributed by atoms with Crippen LogP contribution in [0.4, 0.5) is 0 Å². The Bertz CT molecular complexity index is 450. The third-order valence-corrected chi connectivity index (χ3v) is 3.27. The summed E-state index contributed by atoms with van der Waals surface area (Å²) in [4.78, 5) is 0. The molecule has 0 fully saturated rings. The second kappa shape index (κ2) is 5.23. The van der Waals surface area contributed by atoms with Crippen molar-refractivity contribution < 1.29 is 4.42 Å². The number of nitrogens with one attached hydrogen (secondary N) is 1. The summed E-state index contributed by atoms with van der Waals surface area (Å²) in [5, 5.41) is 13.5. The molecule has 0 atom stereocenters. The predicted octanol–water partition coefficient (Wildman–Crippen LogP) is 2.26. The van der Waals surface area contributed by atoms with Gasteiger partial charge in [-0.1, -0.05) is 18.3 Å². The van der Waals surface area contributed by atoms with Crippen LogP contribution in [0.2, 0.25) is 0 Å². The number of hydrogen-bond acceptors (Lipinski definition) is 5. The van der Waals surface area contributed by atoms with Gasteiger partial charge in [0.2, 0.25) is 0 Å². The van der Waals surface area contributed by atoms with Gasteiger partial charge < -0.3 is 9.73 Å². The van der Waals surface area contributed by atoms with Crippen LogP contribution >= 0.6 is 11.3 Å². The molecule has 0 aromatic carbocycles. The van der Waals surface area contributed by atoms with Gasteiger partial charge in [-0.05, 0) is 25.1 Å². The molecule has 86 valence electrons. The number of nitrogens with zero attached hydrogens (tertiary/aromatic N) is 2. The van der Waals surface area contributed by atoms with Crippen molar-refractivity contribution >= 4 is 11.3 Å². The molecule has 0 spiro atoms. The van der Waals surface area contributed by atoms with Crippen molar-refractivity contribution in [1.29, 1.82) is 0 Å². The number of rotatable bonds is 5. The van der Waals surface area contributed by atoms with Gasteiger partial charge in [0.15, 0.2) is 10.8 Å². The summed E-state index contributed by atoms with van der Waals surface area (Å²) in [6, 6.07) is 1.94. The molecule has 5 heteroatoms. The summed E-state index contributed by atoms with van der Waals surface area (Å²) >= 11 is 1.60. The Morgan fingerprint density at radius 3 is 3.00 bits per heavy atom. The van der Waals surface area contributed by atoms with Crippen LogP contribution in [0, 0.1) is 6.92 Å². The highest BCUT2D eigenvalue weighted by Gasteiger charge is 2.11. The fourth-order valence-electron chi connectivity index (χ4n) is 1.41. The van der Waals surface area contributed by atoms with E-state index in [1.54, 1.807) is 17.6 Å². The molecule has 0 aliphatic rings. The lowest BCUT2D eigenvalue weighted by molar-refractivity contribution is 0.579. The minimum absolute atomic E-state index is 0.840. The van der Waals surface area contributed by atoms with Crippen molar-refractivity contribution in [2.45, 2.75) is 20.3 Å². The average molecular weight is 237 g/mol. The molecule has 2 aromatic rings. The predicted molar refractivity (Wildman–Crippen MR) is 64.6 cm³/mol. The molecule has 0 amide bonds. The number of hydrogen-bond donors (Lipinski definition) is 1. The summed E-state index contributed by atoms with van der Waals surface area (Å²) in [7, 11) is 0. The summed E-state index contributed by atoms with van der Waals surface area (Å²) in [5.74, 6) is 0.840. The fraction of sp³-hybridized carbons (Fsp3) is 0.455. The van der Waals surface area contributed by atoms with Crippen LogP contribution in [-0.2, 0) is 6.42 Å². The number of furan rings is 1. The Hall–Kier alpha value is -1.20. The Morgan fingerprint density at radius 2 is 2.31 bits per heavy atom. The van der Waals surface area contributed by atoms with Gasteiger partial charge in [0.1, 0.15) is 5.01 Å². The van der Waals surface area contributed by atoms with E-state index < -0.39 is 0 Å². The van der Waals surface area contributed by atoms with Gasteiger partial charge in [-0.2, -0.15) is 0 Å². The van der Waals surface area contributed by atoms with E-state index in [0.29, 0.717) is 0 Å². The van der Waals surface area contributed by atoms with Crippen molar-refractivity contribution in [3.05, 3.63) is 22.9 Å². The lowest BCUT2D eigenvalue weighted by Crippen LogP contribution is -2.15. The first-order valence-corrected chi connectivity index (χ1v) is 6.20. The van der Waals surface area contributed by atoms with Crippen LogP contribution in [0.5, 0.6) is 0 Å². The zero-order valence-electron chi connectivity index (χ0n) is 9.49. The van der Waals surface area contributed by atoms with E-state index in [-0.39, 0.29) is 0 Å². The Balaban J connectivity index is 2.05. The molecule has 0 bridgehead atoms. The van der Waals surface area contributed by atoms with Gasteiger partial charge >= 0.3 is 0 Å². The zero-order chi connectivity index (χ0) is 11.4. The first-order chi connectivity index (χ1) is 7.81. The van der Waals surface area contributed by atoms with Crippen molar-refractivity contribution in [3.63, 3.8) is 0 Å². The second-order valence-corrected chi connectivity index (χ2v) is 4.60. The Kier molecular flexibility index (Phi) is 3.69. The molecule has 0 aliphatic heterocycles. The van der Waals surface area contributed by atoms with E-state index in [2.05, 4.69) is 22.4 Å². The maximum absolute atomic E-state index is 5.38. The van der Waals surface area contributed by atoms with Gasteiger partial charge in [-0.15, -0.1) is 10.2 Å². The summed E-state index contributed by atoms with van der Waals surface area (Å²) in [6.45, 7) is 6.04. The minimum Gasteiger partial charge on any atom is -0.461 e. The maximum Gasteiger partial charge on any atom is 0.183 e. The van der Waals surface area contributed by atoms with Crippen LogP contribution in [0.15, 0.2) is 16.7 Å². The molecule has 4 nitrogen and oxygen atoms in total. The van der Waals surface area contributed by atoms with Crippen LogP contribution in [-0.4, -0.2) is 23.3 Å². The number of aryl methyl sites for hydroxylation is 1. The molecule has 0 radical (unpaired) electrons. The van der Waals surface area contributed by atoms with E-state index in [1.807, 2.05) is 13.0 Å². The van der Waals surface area contributed by atoms with Gasteiger partial charge in [0.25, 0.3) is 0 Å². The van der Waals surface area contributed by atoms with Crippen molar-refractivity contribution in [1.82, 2.24) is 15.5 Å². The molecule has 16 heavy (non-hydrogen) atoms. The molecule has 2 heterocycles. The largest absolute Gasteiger partial charge is 0.461 e. The lowest BCUT2D eigenvalue weighted by Gasteiger charge is -1.95. The monoisotopic (exact) mass is 237 g/mol. The summed E-state index contributed by atoms with van der Waals surface area (Å²) in [5.41, 5.74) is 1.11. The quantitative estimate of drug-likeness (QED) is 0.810. The molecular formula is C11H15N3OS. The SMILES string of the molecule is CCNCCc1nnc(-c2occc2C)s1. The first kappa shape index (κ1) is 11.3. The van der Waals surface area contributed by atoms with E-state index >= 15 is 0 Å². The maximum atomic E-state index is 5.38. The Morgan fingerprint density at radius 1 is 1.44 bits per heavy atom. The van der Waals surface area contributed by atoms with Crippen LogP contribution < -0.4 is 5.32 Å². The Labute approximate surface area is 98.7 Å². The third kappa shape index (κ3) is 2.48. The van der Waals surface area contributed by atoms with Crippen LogP contribution in [0.3, 0.4) is 0 Å². The highest BCUT2D eigenvalue weighted by molar-refractivity contribution is 7.14. The van der Waals surface area contributed by atoms with Crippen molar-refractivity contribution in [2.75, 3.05) is 13.1 Å². The summed E-state index contributed by atoms with van der Waals surface area (Å²) < 4.78 is 5.38. The van der Waals surface area contributed by atoms with E-state index in [9.17, 15) is 0 Å². The van der Waals surface area contributed by atoms with E-state index in [1.165, 1.54) is 0 Å².